The molecule has 0 radical (unpaired) electrons. The van der Waals surface area contributed by atoms with Crippen LogP contribution in [0.5, 0.6) is 5.75 Å². The van der Waals surface area contributed by atoms with E-state index in [0.717, 1.165) is 56.5 Å². The lowest BCUT2D eigenvalue weighted by atomic mass is 10.0. The summed E-state index contributed by atoms with van der Waals surface area (Å²) in [5.41, 5.74) is 3.84. The Morgan fingerprint density at radius 1 is 1.06 bits per heavy atom. The van der Waals surface area contributed by atoms with Gasteiger partial charge in [0.05, 0.1) is 28.6 Å². The smallest absolute Gasteiger partial charge is 0.225 e. The summed E-state index contributed by atoms with van der Waals surface area (Å²) in [4.78, 5) is 14.4. The van der Waals surface area contributed by atoms with Crippen LogP contribution in [0.25, 0.3) is 20.8 Å². The highest BCUT2D eigenvalue weighted by atomic mass is 32.1. The average Bonchev–Trinajstić information content (AvgIpc) is 3.29. The Balaban J connectivity index is 1.62. The van der Waals surface area contributed by atoms with E-state index in [1.807, 2.05) is 49.4 Å². The van der Waals surface area contributed by atoms with Gasteiger partial charge in [0.15, 0.2) is 0 Å². The van der Waals surface area contributed by atoms with Gasteiger partial charge < -0.3 is 20.5 Å². The molecular weight excluding hydrogens is 446 g/mol. The van der Waals surface area contributed by atoms with E-state index < -0.39 is 0 Å². The van der Waals surface area contributed by atoms with Crippen LogP contribution in [0.4, 0.5) is 11.8 Å². The van der Waals surface area contributed by atoms with Crippen LogP contribution in [0.3, 0.4) is 0 Å². The molecule has 4 aromatic rings. The molecule has 0 spiro atoms. The molecule has 1 atom stereocenters. The van der Waals surface area contributed by atoms with Gasteiger partial charge >= 0.3 is 0 Å². The molecule has 0 bridgehead atoms. The summed E-state index contributed by atoms with van der Waals surface area (Å²) in [7, 11) is 1.66. The number of rotatable bonds is 11. The lowest BCUT2D eigenvalue weighted by molar-refractivity contribution is 0.217. The SMILES string of the molecule is CCC(CO)CCNc1nc(NCc2cccc(OC)c2)nc(C)c1-c1nc2ccccc2s1. The fraction of sp³-hybridized carbons (Fsp3) is 0.346. The second kappa shape index (κ2) is 11.3. The molecule has 0 aliphatic heterocycles. The number of anilines is 2. The maximum absolute atomic E-state index is 9.56. The van der Waals surface area contributed by atoms with Crippen LogP contribution in [0.15, 0.2) is 48.5 Å². The van der Waals surface area contributed by atoms with E-state index in [4.69, 9.17) is 19.7 Å². The van der Waals surface area contributed by atoms with Crippen LogP contribution < -0.4 is 15.4 Å². The minimum absolute atomic E-state index is 0.194. The summed E-state index contributed by atoms with van der Waals surface area (Å²) in [6, 6.07) is 16.1. The van der Waals surface area contributed by atoms with Crippen molar-refractivity contribution in [3.05, 3.63) is 59.8 Å². The van der Waals surface area contributed by atoms with Crippen molar-refractivity contribution in [3.8, 4) is 16.3 Å². The number of aliphatic hydroxyl groups excluding tert-OH is 1. The molecule has 178 valence electrons. The van der Waals surface area contributed by atoms with Crippen LogP contribution in [-0.2, 0) is 6.54 Å². The summed E-state index contributed by atoms with van der Waals surface area (Å²) in [5.74, 6) is 2.40. The molecule has 1 unspecified atom stereocenters. The number of hydrogen-bond donors (Lipinski definition) is 3. The molecule has 0 fully saturated rings. The maximum atomic E-state index is 9.56. The maximum Gasteiger partial charge on any atom is 0.225 e. The minimum Gasteiger partial charge on any atom is -0.497 e. The normalized spacial score (nSPS) is 12.0. The molecule has 2 aromatic heterocycles. The number of aliphatic hydroxyl groups is 1. The van der Waals surface area contributed by atoms with Gasteiger partial charge in [-0.3, -0.25) is 0 Å². The molecule has 0 aliphatic rings. The Labute approximate surface area is 204 Å². The van der Waals surface area contributed by atoms with Gasteiger partial charge in [0, 0.05) is 19.7 Å². The van der Waals surface area contributed by atoms with Gasteiger partial charge in [-0.1, -0.05) is 37.6 Å². The Kier molecular flexibility index (Phi) is 7.92. The lowest BCUT2D eigenvalue weighted by Gasteiger charge is -2.16. The van der Waals surface area contributed by atoms with E-state index in [1.54, 1.807) is 18.4 Å². The first-order valence-corrected chi connectivity index (χ1v) is 12.4. The number of benzene rings is 2. The van der Waals surface area contributed by atoms with Crippen molar-refractivity contribution >= 4 is 33.3 Å². The van der Waals surface area contributed by atoms with Crippen LogP contribution in [-0.4, -0.2) is 40.3 Å². The minimum atomic E-state index is 0.194. The molecule has 4 rings (SSSR count). The highest BCUT2D eigenvalue weighted by molar-refractivity contribution is 7.21. The number of aromatic nitrogens is 3. The third-order valence-corrected chi connectivity index (χ3v) is 6.92. The van der Waals surface area contributed by atoms with Gasteiger partial charge in [-0.05, 0) is 49.1 Å². The molecule has 0 saturated heterocycles. The predicted molar refractivity (Wildman–Crippen MR) is 140 cm³/mol. The number of aryl methyl sites for hydroxylation is 1. The van der Waals surface area contributed by atoms with E-state index in [1.165, 1.54) is 0 Å². The summed E-state index contributed by atoms with van der Waals surface area (Å²) < 4.78 is 6.46. The van der Waals surface area contributed by atoms with Crippen LogP contribution >= 0.6 is 11.3 Å². The number of hydrogen-bond acceptors (Lipinski definition) is 8. The highest BCUT2D eigenvalue weighted by Gasteiger charge is 2.18. The molecule has 34 heavy (non-hydrogen) atoms. The second-order valence-electron chi connectivity index (χ2n) is 8.22. The van der Waals surface area contributed by atoms with Crippen molar-refractivity contribution in [1.29, 1.82) is 0 Å². The predicted octanol–water partition coefficient (Wildman–Crippen LogP) is 5.50. The average molecular weight is 478 g/mol. The first-order valence-electron chi connectivity index (χ1n) is 11.6. The van der Waals surface area contributed by atoms with Gasteiger partial charge in [0.2, 0.25) is 5.95 Å². The summed E-state index contributed by atoms with van der Waals surface area (Å²) in [5, 5.41) is 17.3. The fourth-order valence-corrected chi connectivity index (χ4v) is 4.86. The molecule has 8 heteroatoms. The first kappa shape index (κ1) is 23.9. The van der Waals surface area contributed by atoms with E-state index in [0.29, 0.717) is 19.0 Å². The zero-order valence-corrected chi connectivity index (χ0v) is 20.7. The Morgan fingerprint density at radius 3 is 2.68 bits per heavy atom. The first-order chi connectivity index (χ1) is 16.6. The Morgan fingerprint density at radius 2 is 1.91 bits per heavy atom. The highest BCUT2D eigenvalue weighted by Crippen LogP contribution is 2.36. The number of methoxy groups -OCH3 is 1. The summed E-state index contributed by atoms with van der Waals surface area (Å²) >= 11 is 1.64. The van der Waals surface area contributed by atoms with Gasteiger partial charge in [0.1, 0.15) is 16.6 Å². The quantitative estimate of drug-likeness (QED) is 0.263. The largest absolute Gasteiger partial charge is 0.497 e. The van der Waals surface area contributed by atoms with Crippen LogP contribution in [0, 0.1) is 12.8 Å². The molecule has 0 amide bonds. The third-order valence-electron chi connectivity index (χ3n) is 5.86. The van der Waals surface area contributed by atoms with Crippen molar-refractivity contribution in [2.75, 3.05) is 30.9 Å². The summed E-state index contributed by atoms with van der Waals surface area (Å²) in [6.45, 7) is 5.58. The number of fused-ring (bicyclic) bond motifs is 1. The van der Waals surface area contributed by atoms with E-state index >= 15 is 0 Å². The van der Waals surface area contributed by atoms with E-state index in [9.17, 15) is 5.11 Å². The van der Waals surface area contributed by atoms with Crippen molar-refractivity contribution in [3.63, 3.8) is 0 Å². The van der Waals surface area contributed by atoms with Gasteiger partial charge in [-0.15, -0.1) is 11.3 Å². The molecular formula is C26H31N5O2S. The molecule has 2 aromatic carbocycles. The second-order valence-corrected chi connectivity index (χ2v) is 9.25. The van der Waals surface area contributed by atoms with E-state index in [2.05, 4.69) is 23.6 Å². The number of thiazole rings is 1. The molecule has 2 heterocycles. The standard InChI is InChI=1S/C26H31N5O2S/c1-4-18(16-32)12-13-27-24-23(25-30-21-10-5-6-11-22(21)34-25)17(2)29-26(31-24)28-15-19-8-7-9-20(14-19)33-3/h5-11,14,18,32H,4,12-13,15-16H2,1-3H3,(H2,27,28,29,31). The van der Waals surface area contributed by atoms with Gasteiger partial charge in [-0.2, -0.15) is 4.98 Å². The van der Waals surface area contributed by atoms with Gasteiger partial charge in [0.25, 0.3) is 0 Å². The number of para-hydroxylation sites is 1. The Bertz CT molecular complexity index is 1210. The van der Waals surface area contributed by atoms with Crippen molar-refractivity contribution in [2.24, 2.45) is 5.92 Å². The van der Waals surface area contributed by atoms with Crippen molar-refractivity contribution < 1.29 is 9.84 Å². The van der Waals surface area contributed by atoms with Crippen LogP contribution in [0.2, 0.25) is 0 Å². The van der Waals surface area contributed by atoms with E-state index in [-0.39, 0.29) is 12.5 Å². The van der Waals surface area contributed by atoms with Crippen LogP contribution in [0.1, 0.15) is 31.0 Å². The Hall–Kier alpha value is -3.23. The van der Waals surface area contributed by atoms with Gasteiger partial charge in [-0.25, -0.2) is 9.97 Å². The fourth-order valence-electron chi connectivity index (χ4n) is 3.80. The molecule has 0 saturated carbocycles. The zero-order valence-electron chi connectivity index (χ0n) is 19.8. The topological polar surface area (TPSA) is 92.2 Å². The number of ether oxygens (including phenoxy) is 1. The lowest BCUT2D eigenvalue weighted by Crippen LogP contribution is -2.14. The van der Waals surface area contributed by atoms with Crippen molar-refractivity contribution in [1.82, 2.24) is 15.0 Å². The zero-order chi connectivity index (χ0) is 23.9. The third kappa shape index (κ3) is 5.63. The molecule has 3 N–H and O–H groups in total. The monoisotopic (exact) mass is 477 g/mol. The number of nitrogens with one attached hydrogen (secondary N) is 2. The van der Waals surface area contributed by atoms with Crippen molar-refractivity contribution in [2.45, 2.75) is 33.2 Å². The molecule has 0 aliphatic carbocycles. The number of nitrogens with zero attached hydrogens (tertiary/aromatic N) is 3. The summed E-state index contributed by atoms with van der Waals surface area (Å²) in [6.07, 6.45) is 1.81. The molecule has 7 nitrogen and oxygen atoms in total.